The highest BCUT2D eigenvalue weighted by Gasteiger charge is 2.14. The molecule has 94 valence electrons. The van der Waals surface area contributed by atoms with E-state index in [2.05, 4.69) is 5.10 Å². The average molecular weight is 250 g/mol. The van der Waals surface area contributed by atoms with Crippen molar-refractivity contribution in [2.45, 2.75) is 13.8 Å². The van der Waals surface area contributed by atoms with Crippen LogP contribution in [0.5, 0.6) is 0 Å². The molecule has 0 aliphatic heterocycles. The number of nitrogens with zero attached hydrogens (tertiary/aromatic N) is 2. The number of aromatic nitrogens is 2. The van der Waals surface area contributed by atoms with E-state index in [0.29, 0.717) is 0 Å². The molecule has 0 saturated heterocycles. The van der Waals surface area contributed by atoms with Crippen molar-refractivity contribution in [1.29, 1.82) is 0 Å². The van der Waals surface area contributed by atoms with Gasteiger partial charge in [0.25, 0.3) is 0 Å². The molecule has 3 rings (SSSR count). The zero-order valence-electron chi connectivity index (χ0n) is 10.9. The van der Waals surface area contributed by atoms with E-state index in [1.165, 1.54) is 0 Å². The summed E-state index contributed by atoms with van der Waals surface area (Å²) >= 11 is 0. The van der Waals surface area contributed by atoms with E-state index >= 15 is 0 Å². The van der Waals surface area contributed by atoms with Gasteiger partial charge in [0.2, 0.25) is 0 Å². The lowest BCUT2D eigenvalue weighted by molar-refractivity contribution is 0.101. The summed E-state index contributed by atoms with van der Waals surface area (Å²) in [6.07, 6.45) is 1.90. The van der Waals surface area contributed by atoms with E-state index in [-0.39, 0.29) is 5.78 Å². The molecule has 3 aromatic rings. The van der Waals surface area contributed by atoms with Gasteiger partial charge in [0.05, 0.1) is 16.8 Å². The fourth-order valence-electron chi connectivity index (χ4n) is 2.41. The number of carbonyl (C=O) groups is 1. The first-order valence-electron chi connectivity index (χ1n) is 6.22. The summed E-state index contributed by atoms with van der Waals surface area (Å²) in [6, 6.07) is 13.9. The van der Waals surface area contributed by atoms with Crippen molar-refractivity contribution in [3.8, 4) is 11.1 Å². The molecule has 0 atom stereocenters. The lowest BCUT2D eigenvalue weighted by atomic mass is 9.98. The van der Waals surface area contributed by atoms with Crippen LogP contribution in [0.15, 0.2) is 48.7 Å². The quantitative estimate of drug-likeness (QED) is 0.652. The summed E-state index contributed by atoms with van der Waals surface area (Å²) in [5.74, 6) is 0.0596. The minimum Gasteiger partial charge on any atom is -0.294 e. The van der Waals surface area contributed by atoms with Crippen LogP contribution in [0.3, 0.4) is 0 Å². The van der Waals surface area contributed by atoms with Crippen LogP contribution in [0.4, 0.5) is 0 Å². The topological polar surface area (TPSA) is 34.4 Å². The Morgan fingerprint density at radius 3 is 2.58 bits per heavy atom. The summed E-state index contributed by atoms with van der Waals surface area (Å²) in [6.45, 7) is 3.53. The summed E-state index contributed by atoms with van der Waals surface area (Å²) in [7, 11) is 0. The highest BCUT2D eigenvalue weighted by Crippen LogP contribution is 2.27. The number of hydrogen-bond donors (Lipinski definition) is 0. The fourth-order valence-corrected chi connectivity index (χ4v) is 2.41. The molecule has 2 heterocycles. The Morgan fingerprint density at radius 2 is 1.89 bits per heavy atom. The monoisotopic (exact) mass is 250 g/mol. The number of rotatable bonds is 2. The SMILES string of the molecule is CC(=O)c1c(-c2ccccc2)ccn2nc(C)cc12. The molecule has 0 spiro atoms. The number of fused-ring (bicyclic) bond motifs is 1. The number of pyridine rings is 1. The molecule has 0 saturated carbocycles. The second-order valence-corrected chi connectivity index (χ2v) is 4.64. The van der Waals surface area contributed by atoms with Gasteiger partial charge in [0.15, 0.2) is 5.78 Å². The predicted octanol–water partition coefficient (Wildman–Crippen LogP) is 3.51. The Morgan fingerprint density at radius 1 is 1.16 bits per heavy atom. The number of ketones is 1. The van der Waals surface area contributed by atoms with Gasteiger partial charge in [-0.3, -0.25) is 4.79 Å². The van der Waals surface area contributed by atoms with Gasteiger partial charge in [0, 0.05) is 6.20 Å². The zero-order valence-corrected chi connectivity index (χ0v) is 10.9. The summed E-state index contributed by atoms with van der Waals surface area (Å²) in [4.78, 5) is 12.0. The second-order valence-electron chi connectivity index (χ2n) is 4.64. The third-order valence-corrected chi connectivity index (χ3v) is 3.20. The van der Waals surface area contributed by atoms with Crippen LogP contribution >= 0.6 is 0 Å². The van der Waals surface area contributed by atoms with Crippen molar-refractivity contribution >= 4 is 11.3 Å². The molecule has 0 aliphatic carbocycles. The molecule has 3 nitrogen and oxygen atoms in total. The Bertz CT molecular complexity index is 757. The molecular weight excluding hydrogens is 236 g/mol. The molecule has 0 fully saturated rings. The van der Waals surface area contributed by atoms with Crippen LogP contribution in [0.2, 0.25) is 0 Å². The fraction of sp³-hybridized carbons (Fsp3) is 0.125. The highest BCUT2D eigenvalue weighted by atomic mass is 16.1. The normalized spacial score (nSPS) is 10.8. The van der Waals surface area contributed by atoms with Gasteiger partial charge in [-0.15, -0.1) is 0 Å². The Balaban J connectivity index is 2.36. The van der Waals surface area contributed by atoms with Crippen LogP contribution in [0.25, 0.3) is 16.6 Å². The van der Waals surface area contributed by atoms with E-state index in [1.54, 1.807) is 11.4 Å². The Labute approximate surface area is 111 Å². The third-order valence-electron chi connectivity index (χ3n) is 3.20. The molecule has 1 aromatic carbocycles. The standard InChI is InChI=1S/C16H14N2O/c1-11-10-15-16(12(2)19)14(8-9-18(15)17-11)13-6-4-3-5-7-13/h3-10H,1-2H3. The third kappa shape index (κ3) is 1.93. The number of Topliss-reactive ketones (excluding diaryl/α,β-unsaturated/α-hetero) is 1. The Kier molecular flexibility index (Phi) is 2.67. The minimum atomic E-state index is 0.0596. The largest absolute Gasteiger partial charge is 0.294 e. The van der Waals surface area contributed by atoms with E-state index in [9.17, 15) is 4.79 Å². The molecule has 3 heteroatoms. The van der Waals surface area contributed by atoms with Crippen LogP contribution < -0.4 is 0 Å². The van der Waals surface area contributed by atoms with Crippen molar-refractivity contribution in [2.75, 3.05) is 0 Å². The van der Waals surface area contributed by atoms with Gasteiger partial charge in [-0.25, -0.2) is 4.52 Å². The van der Waals surface area contributed by atoms with Crippen molar-refractivity contribution in [1.82, 2.24) is 9.61 Å². The van der Waals surface area contributed by atoms with Gasteiger partial charge in [-0.05, 0) is 37.1 Å². The van der Waals surface area contributed by atoms with Crippen LogP contribution in [-0.4, -0.2) is 15.4 Å². The van der Waals surface area contributed by atoms with E-state index in [0.717, 1.165) is 27.9 Å². The molecule has 0 amide bonds. The number of aryl methyl sites for hydroxylation is 1. The van der Waals surface area contributed by atoms with Crippen LogP contribution in [-0.2, 0) is 0 Å². The first-order valence-corrected chi connectivity index (χ1v) is 6.22. The van der Waals surface area contributed by atoms with E-state index in [1.807, 2.05) is 55.6 Å². The summed E-state index contributed by atoms with van der Waals surface area (Å²) in [5.41, 5.74) is 4.52. The minimum absolute atomic E-state index is 0.0596. The molecular formula is C16H14N2O. The molecule has 19 heavy (non-hydrogen) atoms. The molecule has 0 N–H and O–H groups in total. The lowest BCUT2D eigenvalue weighted by Crippen LogP contribution is -2.01. The van der Waals surface area contributed by atoms with Crippen LogP contribution in [0.1, 0.15) is 23.0 Å². The smallest absolute Gasteiger partial charge is 0.162 e. The van der Waals surface area contributed by atoms with Crippen molar-refractivity contribution in [2.24, 2.45) is 0 Å². The van der Waals surface area contributed by atoms with Crippen molar-refractivity contribution < 1.29 is 4.79 Å². The van der Waals surface area contributed by atoms with Gasteiger partial charge in [-0.1, -0.05) is 30.3 Å². The summed E-state index contributed by atoms with van der Waals surface area (Å²) in [5, 5.41) is 4.36. The molecule has 0 bridgehead atoms. The highest BCUT2D eigenvalue weighted by molar-refractivity contribution is 6.06. The van der Waals surface area contributed by atoms with Gasteiger partial charge in [0.1, 0.15) is 0 Å². The van der Waals surface area contributed by atoms with Gasteiger partial charge >= 0.3 is 0 Å². The van der Waals surface area contributed by atoms with Gasteiger partial charge < -0.3 is 0 Å². The molecule has 0 unspecified atom stereocenters. The number of benzene rings is 1. The second kappa shape index (κ2) is 4.35. The zero-order chi connectivity index (χ0) is 13.4. The predicted molar refractivity (Wildman–Crippen MR) is 75.4 cm³/mol. The first kappa shape index (κ1) is 11.7. The number of carbonyl (C=O) groups excluding carboxylic acids is 1. The van der Waals surface area contributed by atoms with E-state index in [4.69, 9.17) is 0 Å². The first-order chi connectivity index (χ1) is 9.16. The lowest BCUT2D eigenvalue weighted by Gasteiger charge is -2.09. The van der Waals surface area contributed by atoms with Crippen LogP contribution in [0, 0.1) is 6.92 Å². The molecule has 0 aliphatic rings. The maximum atomic E-state index is 12.0. The van der Waals surface area contributed by atoms with Gasteiger partial charge in [-0.2, -0.15) is 5.10 Å². The molecule has 2 aromatic heterocycles. The van der Waals surface area contributed by atoms with Crippen molar-refractivity contribution in [3.05, 3.63) is 59.9 Å². The van der Waals surface area contributed by atoms with E-state index < -0.39 is 0 Å². The Hall–Kier alpha value is -2.42. The maximum Gasteiger partial charge on any atom is 0.162 e. The maximum absolute atomic E-state index is 12.0. The molecule has 0 radical (unpaired) electrons. The van der Waals surface area contributed by atoms with Crippen molar-refractivity contribution in [3.63, 3.8) is 0 Å². The average Bonchev–Trinajstić information content (AvgIpc) is 2.78. The number of hydrogen-bond acceptors (Lipinski definition) is 2. The summed E-state index contributed by atoms with van der Waals surface area (Å²) < 4.78 is 1.76.